The Morgan fingerprint density at radius 3 is 2.54 bits per heavy atom. The highest BCUT2D eigenvalue weighted by Crippen LogP contribution is 2.33. The minimum atomic E-state index is -1.03. The van der Waals surface area contributed by atoms with Crippen LogP contribution in [-0.4, -0.2) is 46.3 Å². The van der Waals surface area contributed by atoms with Crippen LogP contribution in [0.2, 0.25) is 0 Å². The molecule has 1 aromatic rings. The number of aliphatic hydroxyl groups is 1. The first-order chi connectivity index (χ1) is 13.3. The number of nitrogens with zero attached hydrogens (tertiary/aromatic N) is 2. The number of carbonyl (C=O) groups excluding carboxylic acids is 1. The van der Waals surface area contributed by atoms with Crippen LogP contribution in [0.3, 0.4) is 0 Å². The number of carbonyl (C=O) groups is 1. The van der Waals surface area contributed by atoms with Gasteiger partial charge in [-0.1, -0.05) is 36.4 Å². The number of ether oxygens (including phenoxy) is 2. The third-order valence-electron chi connectivity index (χ3n) is 4.91. The summed E-state index contributed by atoms with van der Waals surface area (Å²) in [5, 5.41) is 11.1. The summed E-state index contributed by atoms with van der Waals surface area (Å²) in [5.41, 5.74) is 0.197. The van der Waals surface area contributed by atoms with E-state index >= 15 is 0 Å². The number of amides is 1. The van der Waals surface area contributed by atoms with Crippen molar-refractivity contribution in [3.63, 3.8) is 0 Å². The average Bonchev–Trinajstić information content (AvgIpc) is 2.67. The van der Waals surface area contributed by atoms with Crippen LogP contribution in [0.5, 0.6) is 0 Å². The first-order valence-electron chi connectivity index (χ1n) is 9.90. The maximum atomic E-state index is 12.2. The van der Waals surface area contributed by atoms with Crippen LogP contribution in [0.15, 0.2) is 47.1 Å². The molecule has 0 saturated carbocycles. The predicted molar refractivity (Wildman–Crippen MR) is 108 cm³/mol. The van der Waals surface area contributed by atoms with E-state index in [0.717, 1.165) is 18.4 Å². The summed E-state index contributed by atoms with van der Waals surface area (Å²) in [4.78, 5) is 18.5. The van der Waals surface area contributed by atoms with E-state index in [9.17, 15) is 9.90 Å². The van der Waals surface area contributed by atoms with Gasteiger partial charge in [-0.15, -0.1) is 0 Å². The van der Waals surface area contributed by atoms with Gasteiger partial charge in [0.25, 0.3) is 0 Å². The number of benzene rings is 1. The van der Waals surface area contributed by atoms with Crippen molar-refractivity contribution in [1.29, 1.82) is 0 Å². The normalized spacial score (nSPS) is 19.5. The van der Waals surface area contributed by atoms with E-state index in [1.54, 1.807) is 4.90 Å². The molecule has 1 saturated heterocycles. The topological polar surface area (TPSA) is 71.4 Å². The van der Waals surface area contributed by atoms with E-state index < -0.39 is 11.2 Å². The lowest BCUT2D eigenvalue weighted by molar-refractivity contribution is -0.0141. The van der Waals surface area contributed by atoms with E-state index in [4.69, 9.17) is 9.47 Å². The van der Waals surface area contributed by atoms with Gasteiger partial charge in [0.15, 0.2) is 5.90 Å². The first kappa shape index (κ1) is 20.4. The van der Waals surface area contributed by atoms with Crippen molar-refractivity contribution in [3.8, 4) is 0 Å². The summed E-state index contributed by atoms with van der Waals surface area (Å²) in [6, 6.07) is 9.96. The third-order valence-corrected chi connectivity index (χ3v) is 4.91. The van der Waals surface area contributed by atoms with Gasteiger partial charge in [0.05, 0.1) is 5.70 Å². The highest BCUT2D eigenvalue weighted by molar-refractivity contribution is 5.78. The highest BCUT2D eigenvalue weighted by atomic mass is 16.6. The molecule has 2 aliphatic rings. The van der Waals surface area contributed by atoms with Crippen LogP contribution in [0.4, 0.5) is 4.79 Å². The molecule has 6 nitrogen and oxygen atoms in total. The second-order valence-corrected chi connectivity index (χ2v) is 8.41. The SMILES string of the molecule is CC(C)(C)OC(=O)N1CCC(O)(C2=CCCC(OCc3ccccc3)=N2)CC1. The molecule has 0 spiro atoms. The van der Waals surface area contributed by atoms with Gasteiger partial charge in [-0.05, 0) is 45.6 Å². The second kappa shape index (κ2) is 8.35. The first-order valence-corrected chi connectivity index (χ1v) is 9.90. The van der Waals surface area contributed by atoms with Gasteiger partial charge in [-0.25, -0.2) is 9.79 Å². The molecule has 6 heteroatoms. The highest BCUT2D eigenvalue weighted by Gasteiger charge is 2.39. The average molecular weight is 386 g/mol. The van der Waals surface area contributed by atoms with E-state index in [0.29, 0.717) is 44.1 Å². The van der Waals surface area contributed by atoms with Crippen molar-refractivity contribution in [2.45, 2.75) is 64.3 Å². The predicted octanol–water partition coefficient (Wildman–Crippen LogP) is 4.04. The molecule has 28 heavy (non-hydrogen) atoms. The Morgan fingerprint density at radius 1 is 1.21 bits per heavy atom. The molecular weight excluding hydrogens is 356 g/mol. The zero-order chi connectivity index (χ0) is 20.2. The van der Waals surface area contributed by atoms with Gasteiger partial charge in [-0.3, -0.25) is 0 Å². The molecule has 3 rings (SSSR count). The minimum Gasteiger partial charge on any atom is -0.476 e. The Bertz CT molecular complexity index is 742. The number of piperidine rings is 1. The number of aliphatic imine (C=N–C) groups is 1. The molecule has 0 aromatic heterocycles. The van der Waals surface area contributed by atoms with Crippen LogP contribution >= 0.6 is 0 Å². The molecule has 1 fully saturated rings. The summed E-state index contributed by atoms with van der Waals surface area (Å²) in [6.07, 6.45) is 4.06. The zero-order valence-electron chi connectivity index (χ0n) is 17.0. The van der Waals surface area contributed by atoms with Crippen LogP contribution in [-0.2, 0) is 16.1 Å². The second-order valence-electron chi connectivity index (χ2n) is 8.41. The van der Waals surface area contributed by atoms with Gasteiger partial charge in [-0.2, -0.15) is 0 Å². The maximum absolute atomic E-state index is 12.2. The third kappa shape index (κ3) is 5.35. The Kier molecular flexibility index (Phi) is 6.08. The fraction of sp³-hybridized carbons (Fsp3) is 0.545. The zero-order valence-corrected chi connectivity index (χ0v) is 17.0. The summed E-state index contributed by atoms with van der Waals surface area (Å²) < 4.78 is 11.3. The summed E-state index contributed by atoms with van der Waals surface area (Å²) in [7, 11) is 0. The Hall–Kier alpha value is -2.34. The number of hydrogen-bond donors (Lipinski definition) is 1. The molecule has 2 aliphatic heterocycles. The van der Waals surface area contributed by atoms with Crippen LogP contribution in [0.25, 0.3) is 0 Å². The molecule has 152 valence electrons. The monoisotopic (exact) mass is 386 g/mol. The lowest BCUT2D eigenvalue weighted by Gasteiger charge is -2.39. The largest absolute Gasteiger partial charge is 0.476 e. The summed E-state index contributed by atoms with van der Waals surface area (Å²) in [5.74, 6) is 0.657. The van der Waals surface area contributed by atoms with Crippen molar-refractivity contribution in [1.82, 2.24) is 4.90 Å². The Balaban J connectivity index is 1.58. The molecular formula is C22H30N2O4. The fourth-order valence-corrected chi connectivity index (χ4v) is 3.35. The van der Waals surface area contributed by atoms with Crippen molar-refractivity contribution >= 4 is 12.0 Å². The molecule has 0 unspecified atom stereocenters. The maximum Gasteiger partial charge on any atom is 0.410 e. The Morgan fingerprint density at radius 2 is 1.89 bits per heavy atom. The molecule has 0 atom stereocenters. The fourth-order valence-electron chi connectivity index (χ4n) is 3.35. The molecule has 0 radical (unpaired) electrons. The van der Waals surface area contributed by atoms with E-state index in [-0.39, 0.29) is 6.09 Å². The van der Waals surface area contributed by atoms with Crippen molar-refractivity contribution in [3.05, 3.63) is 47.7 Å². The molecule has 2 heterocycles. The van der Waals surface area contributed by atoms with Gasteiger partial charge < -0.3 is 19.5 Å². The van der Waals surface area contributed by atoms with E-state index in [2.05, 4.69) is 4.99 Å². The van der Waals surface area contributed by atoms with E-state index in [1.807, 2.05) is 57.2 Å². The van der Waals surface area contributed by atoms with Crippen molar-refractivity contribution in [2.24, 2.45) is 4.99 Å². The van der Waals surface area contributed by atoms with Crippen molar-refractivity contribution in [2.75, 3.05) is 13.1 Å². The lowest BCUT2D eigenvalue weighted by atomic mass is 9.87. The molecule has 1 amide bonds. The lowest BCUT2D eigenvalue weighted by Crippen LogP contribution is -2.49. The van der Waals surface area contributed by atoms with Crippen LogP contribution < -0.4 is 0 Å². The number of likely N-dealkylation sites (tertiary alicyclic amines) is 1. The Labute approximate surface area is 166 Å². The van der Waals surface area contributed by atoms with E-state index in [1.165, 1.54) is 0 Å². The minimum absolute atomic E-state index is 0.331. The number of rotatable bonds is 3. The van der Waals surface area contributed by atoms with Gasteiger partial charge in [0, 0.05) is 19.5 Å². The van der Waals surface area contributed by atoms with Gasteiger partial charge in [0.2, 0.25) is 0 Å². The van der Waals surface area contributed by atoms with Gasteiger partial charge in [0.1, 0.15) is 17.8 Å². The summed E-state index contributed by atoms with van der Waals surface area (Å²) in [6.45, 7) is 6.91. The molecule has 1 aromatic carbocycles. The smallest absolute Gasteiger partial charge is 0.410 e. The van der Waals surface area contributed by atoms with Crippen LogP contribution in [0.1, 0.15) is 52.0 Å². The number of hydrogen-bond acceptors (Lipinski definition) is 5. The van der Waals surface area contributed by atoms with Crippen molar-refractivity contribution < 1.29 is 19.4 Å². The van der Waals surface area contributed by atoms with Gasteiger partial charge >= 0.3 is 6.09 Å². The molecule has 1 N–H and O–H groups in total. The number of allylic oxidation sites excluding steroid dienone is 1. The standard InChI is InChI=1S/C22H30N2O4/c1-21(2,3)28-20(25)24-14-12-22(26,13-15-24)18-10-7-11-19(23-18)27-16-17-8-5-4-6-9-17/h4-6,8-10,26H,7,11-16H2,1-3H3. The molecule has 0 bridgehead atoms. The van der Waals surface area contributed by atoms with Crippen LogP contribution in [0, 0.1) is 0 Å². The molecule has 0 aliphatic carbocycles. The summed E-state index contributed by atoms with van der Waals surface area (Å²) >= 11 is 0. The quantitative estimate of drug-likeness (QED) is 0.851.